The molecule has 0 bridgehead atoms. The third kappa shape index (κ3) is 2.29. The van der Waals surface area contributed by atoms with Gasteiger partial charge in [0.1, 0.15) is 0 Å². The van der Waals surface area contributed by atoms with Gasteiger partial charge in [0.25, 0.3) is 0 Å². The van der Waals surface area contributed by atoms with Gasteiger partial charge in [0.05, 0.1) is 11.5 Å². The van der Waals surface area contributed by atoms with Crippen molar-refractivity contribution in [2.75, 3.05) is 0 Å². The quantitative estimate of drug-likeness (QED) is 0.538. The summed E-state index contributed by atoms with van der Waals surface area (Å²) in [4.78, 5) is 0. The molecule has 3 rings (SSSR count). The first kappa shape index (κ1) is 13.8. The molecular weight excluding hydrogens is 219 g/mol. The van der Waals surface area contributed by atoms with Crippen molar-refractivity contribution >= 4 is 0 Å². The van der Waals surface area contributed by atoms with Gasteiger partial charge >= 0.3 is 18.9 Å². The molecule has 1 spiro atoms. The average molecular weight is 238 g/mol. The molecule has 1 aromatic rings. The Labute approximate surface area is 121 Å². The third-order valence-corrected chi connectivity index (χ3v) is 3.76. The SMILES string of the molecule is CC(C)c1cc[c-]c2c1OC1(CCCCC1)O2.[Li+]. The van der Waals surface area contributed by atoms with Crippen LogP contribution >= 0.6 is 0 Å². The number of hydrogen-bond acceptors (Lipinski definition) is 2. The van der Waals surface area contributed by atoms with Gasteiger partial charge in [0.2, 0.25) is 5.79 Å². The summed E-state index contributed by atoms with van der Waals surface area (Å²) in [7, 11) is 0. The van der Waals surface area contributed by atoms with E-state index in [4.69, 9.17) is 9.47 Å². The topological polar surface area (TPSA) is 18.5 Å². The molecule has 1 fully saturated rings. The molecule has 2 nitrogen and oxygen atoms in total. The molecule has 1 aliphatic carbocycles. The van der Waals surface area contributed by atoms with Crippen molar-refractivity contribution in [1.29, 1.82) is 0 Å². The maximum absolute atomic E-state index is 6.17. The van der Waals surface area contributed by atoms with Gasteiger partial charge in [-0.05, 0) is 18.8 Å². The van der Waals surface area contributed by atoms with Crippen LogP contribution in [-0.4, -0.2) is 5.79 Å². The molecule has 0 amide bonds. The standard InChI is InChI=1S/C15H19O2.Li/c1-11(2)12-7-6-8-13-14(12)17-15(16-13)9-4-3-5-10-15;/h6-7,11H,3-5,9-10H2,1-2H3;/q-1;+1. The summed E-state index contributed by atoms with van der Waals surface area (Å²) in [6.07, 6.45) is 5.71. The van der Waals surface area contributed by atoms with Gasteiger partial charge in [-0.3, -0.25) is 0 Å². The van der Waals surface area contributed by atoms with E-state index in [9.17, 15) is 0 Å². The summed E-state index contributed by atoms with van der Waals surface area (Å²) < 4.78 is 12.2. The second-order valence-electron chi connectivity index (χ2n) is 5.42. The van der Waals surface area contributed by atoms with Crippen LogP contribution in [0.4, 0.5) is 0 Å². The molecule has 92 valence electrons. The zero-order chi connectivity index (χ0) is 11.9. The first-order chi connectivity index (χ1) is 8.20. The Morgan fingerprint density at radius 2 is 1.89 bits per heavy atom. The van der Waals surface area contributed by atoms with Crippen LogP contribution in [0.5, 0.6) is 11.5 Å². The Bertz CT molecular complexity index is 423. The van der Waals surface area contributed by atoms with E-state index >= 15 is 0 Å². The van der Waals surface area contributed by atoms with Crippen LogP contribution < -0.4 is 28.3 Å². The molecule has 3 heteroatoms. The van der Waals surface area contributed by atoms with E-state index in [-0.39, 0.29) is 24.6 Å². The van der Waals surface area contributed by atoms with Gasteiger partial charge in [-0.1, -0.05) is 20.3 Å². The minimum Gasteiger partial charge on any atom is -0.511 e. The molecule has 0 unspecified atom stereocenters. The Hall–Kier alpha value is -0.583. The molecule has 1 aromatic carbocycles. The van der Waals surface area contributed by atoms with Crippen LogP contribution in [-0.2, 0) is 0 Å². The van der Waals surface area contributed by atoms with E-state index in [0.29, 0.717) is 5.92 Å². The van der Waals surface area contributed by atoms with Gasteiger partial charge in [0.15, 0.2) is 0 Å². The van der Waals surface area contributed by atoms with Gasteiger partial charge in [0, 0.05) is 12.8 Å². The smallest absolute Gasteiger partial charge is 0.511 e. The maximum atomic E-state index is 6.17. The van der Waals surface area contributed by atoms with Crippen molar-refractivity contribution in [2.24, 2.45) is 0 Å². The van der Waals surface area contributed by atoms with E-state index in [1.54, 1.807) is 0 Å². The molecule has 0 aromatic heterocycles. The van der Waals surface area contributed by atoms with Gasteiger partial charge in [-0.2, -0.15) is 12.1 Å². The van der Waals surface area contributed by atoms with Gasteiger partial charge in [-0.15, -0.1) is 11.6 Å². The Kier molecular flexibility index (Phi) is 3.99. The number of rotatable bonds is 1. The molecule has 18 heavy (non-hydrogen) atoms. The van der Waals surface area contributed by atoms with Crippen LogP contribution in [0.3, 0.4) is 0 Å². The molecule has 0 radical (unpaired) electrons. The van der Waals surface area contributed by atoms with E-state index in [1.807, 2.05) is 6.07 Å². The van der Waals surface area contributed by atoms with E-state index < -0.39 is 0 Å². The van der Waals surface area contributed by atoms with Crippen molar-refractivity contribution < 1.29 is 28.3 Å². The van der Waals surface area contributed by atoms with Crippen molar-refractivity contribution in [3.8, 4) is 11.5 Å². The van der Waals surface area contributed by atoms with Crippen LogP contribution in [0.1, 0.15) is 57.4 Å². The van der Waals surface area contributed by atoms with Crippen LogP contribution in [0.2, 0.25) is 0 Å². The number of benzene rings is 1. The average Bonchev–Trinajstić information content (AvgIpc) is 2.66. The summed E-state index contributed by atoms with van der Waals surface area (Å²) in [5.41, 5.74) is 1.24. The fourth-order valence-electron chi connectivity index (χ4n) is 2.80. The first-order valence-electron chi connectivity index (χ1n) is 6.63. The van der Waals surface area contributed by atoms with E-state index in [2.05, 4.69) is 26.0 Å². The van der Waals surface area contributed by atoms with Crippen molar-refractivity contribution in [3.05, 3.63) is 23.8 Å². The molecular formula is C15H19LiO2. The third-order valence-electron chi connectivity index (χ3n) is 3.76. The Morgan fingerprint density at radius 3 is 2.56 bits per heavy atom. The minimum absolute atomic E-state index is 0. The normalized spacial score (nSPS) is 19.9. The molecule has 1 saturated carbocycles. The first-order valence-corrected chi connectivity index (χ1v) is 6.63. The van der Waals surface area contributed by atoms with Gasteiger partial charge < -0.3 is 9.47 Å². The Morgan fingerprint density at radius 1 is 1.17 bits per heavy atom. The number of fused-ring (bicyclic) bond motifs is 1. The second-order valence-corrected chi connectivity index (χ2v) is 5.42. The van der Waals surface area contributed by atoms with E-state index in [0.717, 1.165) is 24.3 Å². The predicted molar refractivity (Wildman–Crippen MR) is 66.4 cm³/mol. The number of hydrogen-bond donors (Lipinski definition) is 0. The summed E-state index contributed by atoms with van der Waals surface area (Å²) in [5, 5.41) is 0. The summed E-state index contributed by atoms with van der Waals surface area (Å²) in [6, 6.07) is 7.20. The molecule has 1 heterocycles. The molecule has 0 N–H and O–H groups in total. The van der Waals surface area contributed by atoms with Crippen molar-refractivity contribution in [2.45, 2.75) is 57.7 Å². The minimum atomic E-state index is -0.373. The molecule has 1 aliphatic heterocycles. The summed E-state index contributed by atoms with van der Waals surface area (Å²) in [5.74, 6) is 1.84. The molecule has 0 saturated heterocycles. The van der Waals surface area contributed by atoms with Crippen molar-refractivity contribution in [1.82, 2.24) is 0 Å². The van der Waals surface area contributed by atoms with Crippen LogP contribution in [0.25, 0.3) is 0 Å². The molecule has 2 aliphatic rings. The zero-order valence-electron chi connectivity index (χ0n) is 11.6. The van der Waals surface area contributed by atoms with E-state index in [1.165, 1.54) is 24.8 Å². The monoisotopic (exact) mass is 238 g/mol. The van der Waals surface area contributed by atoms with Gasteiger partial charge in [-0.25, -0.2) is 0 Å². The second kappa shape index (κ2) is 5.19. The zero-order valence-corrected chi connectivity index (χ0v) is 11.6. The summed E-state index contributed by atoms with van der Waals surface area (Å²) >= 11 is 0. The van der Waals surface area contributed by atoms with Crippen LogP contribution in [0, 0.1) is 6.07 Å². The van der Waals surface area contributed by atoms with Crippen LogP contribution in [0.15, 0.2) is 12.1 Å². The summed E-state index contributed by atoms with van der Waals surface area (Å²) in [6.45, 7) is 4.37. The maximum Gasteiger partial charge on any atom is 1.00 e. The fraction of sp³-hybridized carbons (Fsp3) is 0.600. The largest absolute Gasteiger partial charge is 1.00 e. The fourth-order valence-corrected chi connectivity index (χ4v) is 2.80. The Balaban J connectivity index is 0.00000120. The predicted octanol–water partition coefficient (Wildman–Crippen LogP) is 1.05. The molecule has 0 atom stereocenters. The van der Waals surface area contributed by atoms with Crippen molar-refractivity contribution in [3.63, 3.8) is 0 Å². The number of ether oxygens (including phenoxy) is 2.